The van der Waals surface area contributed by atoms with Crippen LogP contribution in [0, 0.1) is 0 Å². The number of aromatic nitrogens is 5. The zero-order chi connectivity index (χ0) is 22.2. The van der Waals surface area contributed by atoms with Crippen LogP contribution in [0.4, 0.5) is 20.8 Å². The number of carbonyl (C=O) groups excluding carboxylic acids is 1. The molecule has 170 valence electrons. The van der Waals surface area contributed by atoms with Crippen molar-refractivity contribution in [3.05, 3.63) is 35.9 Å². The Labute approximate surface area is 185 Å². The molecule has 3 heterocycles. The molecule has 0 saturated heterocycles. The summed E-state index contributed by atoms with van der Waals surface area (Å²) < 4.78 is 22.1. The van der Waals surface area contributed by atoms with Crippen LogP contribution in [0.15, 0.2) is 24.5 Å². The number of carbonyl (C=O) groups is 1. The van der Waals surface area contributed by atoms with E-state index in [2.05, 4.69) is 37.0 Å². The molecule has 3 N–H and O–H groups in total. The molecule has 0 unspecified atom stereocenters. The van der Waals surface area contributed by atoms with Crippen molar-refractivity contribution in [2.75, 3.05) is 5.32 Å². The number of hydrogen-bond donors (Lipinski definition) is 3. The average Bonchev–Trinajstić information content (AvgIpc) is 3.40. The summed E-state index contributed by atoms with van der Waals surface area (Å²) in [5.74, 6) is 1.33. The fourth-order valence-electron chi connectivity index (χ4n) is 4.43. The average molecular weight is 442 g/mol. The number of anilines is 2. The summed E-state index contributed by atoms with van der Waals surface area (Å²) in [4.78, 5) is 16.3. The van der Waals surface area contributed by atoms with Crippen molar-refractivity contribution in [3.8, 4) is 0 Å². The molecular formula is C22H28FN7O2. The third-order valence-electron chi connectivity index (χ3n) is 6.34. The molecular weight excluding hydrogens is 413 g/mol. The van der Waals surface area contributed by atoms with Crippen molar-refractivity contribution >= 4 is 23.2 Å². The van der Waals surface area contributed by atoms with Crippen molar-refractivity contribution in [3.63, 3.8) is 0 Å². The molecule has 0 aliphatic heterocycles. The number of fused-ring (bicyclic) bond motifs is 1. The molecule has 0 bridgehead atoms. The largest absolute Gasteiger partial charge is 0.443 e. The number of alkyl halides is 1. The number of rotatable bonds is 6. The first-order valence-electron chi connectivity index (χ1n) is 11.3. The second kappa shape index (κ2) is 8.40. The lowest BCUT2D eigenvalue weighted by atomic mass is 9.83. The van der Waals surface area contributed by atoms with Crippen molar-refractivity contribution in [1.82, 2.24) is 30.1 Å². The van der Waals surface area contributed by atoms with E-state index >= 15 is 4.39 Å². The van der Waals surface area contributed by atoms with E-state index in [9.17, 15) is 4.79 Å². The van der Waals surface area contributed by atoms with E-state index in [4.69, 9.17) is 4.74 Å². The molecule has 0 radical (unpaired) electrons. The van der Waals surface area contributed by atoms with Crippen LogP contribution in [0.5, 0.6) is 0 Å². The number of H-pyrrole nitrogens is 1. The van der Waals surface area contributed by atoms with Gasteiger partial charge in [-0.3, -0.25) is 5.10 Å². The summed E-state index contributed by atoms with van der Waals surface area (Å²) in [5, 5.41) is 17.8. The lowest BCUT2D eigenvalue weighted by molar-refractivity contribution is 0.0555. The number of halogens is 1. The molecule has 3 aromatic rings. The van der Waals surface area contributed by atoms with Gasteiger partial charge in [0.05, 0.1) is 5.69 Å². The smallest absolute Gasteiger partial charge is 0.407 e. The van der Waals surface area contributed by atoms with Crippen LogP contribution in [-0.4, -0.2) is 49.2 Å². The molecule has 3 aromatic heterocycles. The number of nitrogens with one attached hydrogen (secondary N) is 3. The van der Waals surface area contributed by atoms with Gasteiger partial charge in [0.1, 0.15) is 17.8 Å². The fraction of sp³-hybridized carbons (Fsp3) is 0.545. The Balaban J connectivity index is 1.27. The van der Waals surface area contributed by atoms with Gasteiger partial charge in [-0.1, -0.05) is 6.42 Å². The summed E-state index contributed by atoms with van der Waals surface area (Å²) >= 11 is 0. The zero-order valence-corrected chi connectivity index (χ0v) is 18.2. The molecule has 0 aromatic carbocycles. The van der Waals surface area contributed by atoms with Gasteiger partial charge in [-0.2, -0.15) is 10.2 Å². The molecule has 10 heteroatoms. The quantitative estimate of drug-likeness (QED) is 0.529. The maximum absolute atomic E-state index is 15.0. The maximum Gasteiger partial charge on any atom is 0.407 e. The highest BCUT2D eigenvalue weighted by atomic mass is 19.1. The van der Waals surface area contributed by atoms with Crippen LogP contribution in [-0.2, 0) is 4.74 Å². The minimum atomic E-state index is -1.29. The number of nitrogens with zero attached hydrogens (tertiary/aromatic N) is 4. The highest BCUT2D eigenvalue weighted by molar-refractivity contribution is 5.72. The van der Waals surface area contributed by atoms with E-state index in [1.54, 1.807) is 12.3 Å². The van der Waals surface area contributed by atoms with Crippen LogP contribution in [0.2, 0.25) is 0 Å². The lowest BCUT2D eigenvalue weighted by Gasteiger charge is -2.22. The van der Waals surface area contributed by atoms with Crippen LogP contribution in [0.1, 0.15) is 69.2 Å². The minimum Gasteiger partial charge on any atom is -0.443 e. The topological polar surface area (TPSA) is 109 Å². The second-order valence-corrected chi connectivity index (χ2v) is 9.01. The summed E-state index contributed by atoms with van der Waals surface area (Å²) in [5.41, 5.74) is 2.65. The minimum absolute atomic E-state index is 0.0577. The monoisotopic (exact) mass is 441 g/mol. The van der Waals surface area contributed by atoms with Gasteiger partial charge in [0.25, 0.3) is 0 Å². The number of alkyl carbamates (subject to hydrolysis) is 1. The number of aromatic amines is 1. The van der Waals surface area contributed by atoms with Crippen LogP contribution < -0.4 is 10.6 Å². The second-order valence-electron chi connectivity index (χ2n) is 9.01. The Kier molecular flexibility index (Phi) is 5.44. The van der Waals surface area contributed by atoms with Gasteiger partial charge in [-0.25, -0.2) is 18.7 Å². The zero-order valence-electron chi connectivity index (χ0n) is 18.2. The van der Waals surface area contributed by atoms with E-state index in [-0.39, 0.29) is 6.04 Å². The number of amides is 1. The van der Waals surface area contributed by atoms with Crippen molar-refractivity contribution in [2.24, 2.45) is 0 Å². The first-order valence-corrected chi connectivity index (χ1v) is 11.3. The highest BCUT2D eigenvalue weighted by Gasteiger charge is 2.41. The predicted octanol–water partition coefficient (Wildman–Crippen LogP) is 4.18. The third kappa shape index (κ3) is 4.01. The molecule has 1 amide bonds. The SMILES string of the molecule is CC(C)NC(=O)O[C@H]1CC[C@@H](c2cc(Nc3nccn4nc(C5CCC5)cc34)n[nH]2)[C@@H]1F. The predicted molar refractivity (Wildman–Crippen MR) is 117 cm³/mol. The molecule has 3 atom stereocenters. The van der Waals surface area contributed by atoms with Crippen LogP contribution in [0.3, 0.4) is 0 Å². The van der Waals surface area contributed by atoms with E-state index in [1.165, 1.54) is 19.3 Å². The van der Waals surface area contributed by atoms with E-state index in [0.717, 1.165) is 11.2 Å². The highest BCUT2D eigenvalue weighted by Crippen LogP contribution is 2.39. The van der Waals surface area contributed by atoms with Crippen LogP contribution >= 0.6 is 0 Å². The van der Waals surface area contributed by atoms with E-state index in [1.807, 2.05) is 24.6 Å². The molecule has 32 heavy (non-hydrogen) atoms. The Morgan fingerprint density at radius 1 is 1.28 bits per heavy atom. The normalized spacial score (nSPS) is 23.4. The summed E-state index contributed by atoms with van der Waals surface area (Å²) in [6, 6.07) is 3.81. The van der Waals surface area contributed by atoms with Crippen molar-refractivity contribution in [2.45, 2.75) is 76.1 Å². The Hall–Kier alpha value is -3.17. The summed E-state index contributed by atoms with van der Waals surface area (Å²) in [7, 11) is 0. The molecule has 2 fully saturated rings. The molecule has 9 nitrogen and oxygen atoms in total. The van der Waals surface area contributed by atoms with E-state index in [0.29, 0.717) is 36.1 Å². The standard InChI is InChI=1S/C22H28FN7O2/c1-12(2)25-22(31)32-18-7-6-14(20(18)23)16-11-19(28-27-16)26-21-17-10-15(13-4-3-5-13)29-30(17)9-8-24-21/h8-14,18,20H,3-7H2,1-2H3,(H,25,31)(H2,24,26,27,28)/t14-,18-,20-/m0/s1. The van der Waals surface area contributed by atoms with Gasteiger partial charge < -0.3 is 15.4 Å². The lowest BCUT2D eigenvalue weighted by Crippen LogP contribution is -2.36. The van der Waals surface area contributed by atoms with Gasteiger partial charge >= 0.3 is 6.09 Å². The van der Waals surface area contributed by atoms with Crippen LogP contribution in [0.25, 0.3) is 5.52 Å². The Morgan fingerprint density at radius 3 is 2.88 bits per heavy atom. The van der Waals surface area contributed by atoms with Crippen molar-refractivity contribution < 1.29 is 13.9 Å². The summed E-state index contributed by atoms with van der Waals surface area (Å²) in [6.45, 7) is 3.66. The number of ether oxygens (including phenoxy) is 1. The maximum atomic E-state index is 15.0. The van der Waals surface area contributed by atoms with Gasteiger partial charge in [0.15, 0.2) is 11.6 Å². The first-order chi connectivity index (χ1) is 15.5. The molecule has 2 aliphatic carbocycles. The molecule has 2 aliphatic rings. The first kappa shape index (κ1) is 20.7. The molecule has 0 spiro atoms. The Bertz CT molecular complexity index is 1110. The van der Waals surface area contributed by atoms with Crippen molar-refractivity contribution in [1.29, 1.82) is 0 Å². The van der Waals surface area contributed by atoms with E-state index < -0.39 is 24.3 Å². The fourth-order valence-corrected chi connectivity index (χ4v) is 4.43. The summed E-state index contributed by atoms with van der Waals surface area (Å²) in [6.07, 6.45) is 5.55. The third-order valence-corrected chi connectivity index (χ3v) is 6.34. The molecule has 2 saturated carbocycles. The Morgan fingerprint density at radius 2 is 2.12 bits per heavy atom. The van der Waals surface area contributed by atoms with Gasteiger partial charge in [-0.15, -0.1) is 0 Å². The van der Waals surface area contributed by atoms with Gasteiger partial charge in [-0.05, 0) is 45.6 Å². The van der Waals surface area contributed by atoms with Gasteiger partial charge in [0.2, 0.25) is 0 Å². The van der Waals surface area contributed by atoms with Gasteiger partial charge in [0, 0.05) is 42.0 Å². The number of hydrogen-bond acceptors (Lipinski definition) is 6. The molecule has 5 rings (SSSR count).